The fraction of sp³-hybridized carbons (Fsp3) is 0.207. The molecule has 0 heterocycles. The second-order valence-corrected chi connectivity index (χ2v) is 8.28. The molecule has 0 unspecified atom stereocenters. The van der Waals surface area contributed by atoms with Gasteiger partial charge in [0.15, 0.2) is 0 Å². The lowest BCUT2D eigenvalue weighted by Gasteiger charge is -2.14. The lowest BCUT2D eigenvalue weighted by molar-refractivity contribution is -0.130. The Labute approximate surface area is 222 Å². The number of carbonyl (C=O) groups is 3. The molecule has 3 rings (SSSR count). The summed E-state index contributed by atoms with van der Waals surface area (Å²) in [6.07, 6.45) is 0. The van der Waals surface area contributed by atoms with Crippen molar-refractivity contribution in [3.05, 3.63) is 101 Å². The Kier molecular flexibility index (Phi) is 11.7. The van der Waals surface area contributed by atoms with Crippen LogP contribution in [0.2, 0.25) is 0 Å². The number of amides is 3. The van der Waals surface area contributed by atoms with E-state index in [0.29, 0.717) is 23.4 Å². The van der Waals surface area contributed by atoms with Crippen molar-refractivity contribution >= 4 is 23.4 Å². The van der Waals surface area contributed by atoms with Crippen LogP contribution in [0.5, 0.6) is 0 Å². The van der Waals surface area contributed by atoms with Crippen LogP contribution in [0.25, 0.3) is 0 Å². The Bertz CT molecular complexity index is 1300. The van der Waals surface area contributed by atoms with E-state index in [0.717, 1.165) is 11.1 Å². The van der Waals surface area contributed by atoms with Crippen molar-refractivity contribution in [1.82, 2.24) is 16.1 Å². The van der Waals surface area contributed by atoms with E-state index < -0.39 is 17.9 Å². The van der Waals surface area contributed by atoms with Crippen molar-refractivity contribution in [2.45, 2.75) is 26.9 Å². The number of aryl methyl sites for hydroxylation is 1. The summed E-state index contributed by atoms with van der Waals surface area (Å²) in [5.41, 5.74) is 11.7. The number of hydroxylamine groups is 1. The van der Waals surface area contributed by atoms with E-state index in [-0.39, 0.29) is 26.4 Å². The second kappa shape index (κ2) is 14.9. The molecule has 3 amide bonds. The molecule has 0 aliphatic carbocycles. The zero-order valence-corrected chi connectivity index (χ0v) is 20.4. The van der Waals surface area contributed by atoms with Crippen LogP contribution in [-0.2, 0) is 16.1 Å². The zero-order chi connectivity index (χ0) is 26.6. The number of nitrogens with one attached hydrogen (secondary N) is 4. The Morgan fingerprint density at radius 3 is 2.16 bits per heavy atom. The third-order valence-electron chi connectivity index (χ3n) is 5.33. The number of hydrogen-bond donors (Lipinski definition) is 6. The molecule has 198 valence electrons. The van der Waals surface area contributed by atoms with E-state index in [4.69, 9.17) is 10.9 Å². The number of benzene rings is 3. The first-order chi connectivity index (χ1) is 17.9. The van der Waals surface area contributed by atoms with Crippen molar-refractivity contribution in [2.75, 3.05) is 18.4 Å². The predicted octanol–water partition coefficient (Wildman–Crippen LogP) is 2.32. The van der Waals surface area contributed by atoms with Crippen molar-refractivity contribution in [3.8, 4) is 11.8 Å². The van der Waals surface area contributed by atoms with Gasteiger partial charge in [0.25, 0.3) is 11.8 Å². The summed E-state index contributed by atoms with van der Waals surface area (Å²) < 4.78 is 0. The molecule has 7 N–H and O–H groups in total. The van der Waals surface area contributed by atoms with Gasteiger partial charge in [0.2, 0.25) is 5.91 Å². The average molecular weight is 516 g/mol. The molecule has 1 atom stereocenters. The average Bonchev–Trinajstić information content (AvgIpc) is 2.91. The van der Waals surface area contributed by atoms with Gasteiger partial charge in [0, 0.05) is 35.5 Å². The maximum atomic E-state index is 12.3. The molecule has 3 aromatic carbocycles. The highest BCUT2D eigenvalue weighted by Crippen LogP contribution is 2.10. The minimum atomic E-state index is -1.04. The quantitative estimate of drug-likeness (QED) is 0.147. The fourth-order valence-corrected chi connectivity index (χ4v) is 3.38. The normalized spacial score (nSPS) is 10.7. The van der Waals surface area contributed by atoms with Crippen molar-refractivity contribution in [3.63, 3.8) is 0 Å². The second-order valence-electron chi connectivity index (χ2n) is 8.28. The van der Waals surface area contributed by atoms with Gasteiger partial charge in [-0.1, -0.05) is 49.1 Å². The van der Waals surface area contributed by atoms with Crippen molar-refractivity contribution in [1.29, 1.82) is 0 Å². The molecule has 3 aromatic rings. The third kappa shape index (κ3) is 9.19. The molecule has 0 spiro atoms. The van der Waals surface area contributed by atoms with Crippen molar-refractivity contribution < 1.29 is 19.6 Å². The molecule has 0 radical (unpaired) electrons. The maximum Gasteiger partial charge on any atom is 0.267 e. The van der Waals surface area contributed by atoms with Gasteiger partial charge in [-0.05, 0) is 61.0 Å². The zero-order valence-electron chi connectivity index (χ0n) is 20.4. The molecule has 9 heteroatoms. The Hall–Kier alpha value is -4.49. The summed E-state index contributed by atoms with van der Waals surface area (Å²) in [5.74, 6) is 4.63. The molecule has 0 saturated carbocycles. The van der Waals surface area contributed by atoms with E-state index in [1.54, 1.807) is 36.4 Å². The Balaban J connectivity index is 0.00000507. The van der Waals surface area contributed by atoms with Gasteiger partial charge in [-0.25, -0.2) is 5.48 Å². The monoisotopic (exact) mass is 515 g/mol. The van der Waals surface area contributed by atoms with Crippen LogP contribution in [-0.4, -0.2) is 42.1 Å². The highest BCUT2D eigenvalue weighted by atomic mass is 16.5. The Morgan fingerprint density at radius 2 is 1.58 bits per heavy atom. The van der Waals surface area contributed by atoms with E-state index >= 15 is 0 Å². The van der Waals surface area contributed by atoms with Crippen LogP contribution in [0.4, 0.5) is 5.69 Å². The molecule has 0 saturated heterocycles. The van der Waals surface area contributed by atoms with Gasteiger partial charge < -0.3 is 21.7 Å². The summed E-state index contributed by atoms with van der Waals surface area (Å²) in [5, 5.41) is 17.1. The molecular formula is C29H33N5O4. The van der Waals surface area contributed by atoms with Gasteiger partial charge >= 0.3 is 0 Å². The number of rotatable bonds is 9. The SMILES string of the molecule is C.Cc1cccc(CNCC(=O)Nc2ccc(C#Cc3ccc(C(=O)N[C@@H](CN)C(=O)NO)cc3)cc2)c1. The lowest BCUT2D eigenvalue weighted by Crippen LogP contribution is -2.50. The standard InChI is InChI=1S/C28H29N5O4.CH4/c1-19-3-2-4-22(15-19)17-30-18-26(34)31-24-13-9-21(10-14-24)6-5-20-7-11-23(12-8-20)27(35)32-25(16-29)28(36)33-37;/h2-4,7-15,25,30,37H,16-18,29H2,1H3,(H,31,34)(H,32,35)(H,33,36);1H4/t25-;/m0./s1. The van der Waals surface area contributed by atoms with E-state index in [1.165, 1.54) is 11.0 Å². The molecule has 0 aliphatic rings. The van der Waals surface area contributed by atoms with Crippen molar-refractivity contribution in [2.24, 2.45) is 5.73 Å². The highest BCUT2D eigenvalue weighted by Gasteiger charge is 2.19. The maximum absolute atomic E-state index is 12.3. The van der Waals surface area contributed by atoms with Crippen LogP contribution in [0.15, 0.2) is 72.8 Å². The number of nitrogens with two attached hydrogens (primary N) is 1. The van der Waals surface area contributed by atoms with E-state index in [2.05, 4.69) is 33.9 Å². The summed E-state index contributed by atoms with van der Waals surface area (Å²) in [4.78, 5) is 35.9. The lowest BCUT2D eigenvalue weighted by atomic mass is 10.1. The first-order valence-electron chi connectivity index (χ1n) is 11.6. The first-order valence-corrected chi connectivity index (χ1v) is 11.6. The van der Waals surface area contributed by atoms with Gasteiger partial charge in [-0.2, -0.15) is 0 Å². The van der Waals surface area contributed by atoms with E-state index in [9.17, 15) is 14.4 Å². The van der Waals surface area contributed by atoms with Crippen LogP contribution < -0.4 is 27.2 Å². The molecule has 0 bridgehead atoms. The topological polar surface area (TPSA) is 146 Å². The van der Waals surface area contributed by atoms with Crippen LogP contribution in [0.3, 0.4) is 0 Å². The number of anilines is 1. The summed E-state index contributed by atoms with van der Waals surface area (Å²) in [6, 6.07) is 20.8. The van der Waals surface area contributed by atoms with Gasteiger partial charge in [-0.15, -0.1) is 0 Å². The predicted molar refractivity (Wildman–Crippen MR) is 147 cm³/mol. The number of hydrogen-bond acceptors (Lipinski definition) is 6. The molecular weight excluding hydrogens is 482 g/mol. The van der Waals surface area contributed by atoms with E-state index in [1.807, 2.05) is 37.3 Å². The number of carbonyl (C=O) groups excluding carboxylic acids is 3. The summed E-state index contributed by atoms with van der Waals surface area (Å²) in [7, 11) is 0. The summed E-state index contributed by atoms with van der Waals surface area (Å²) >= 11 is 0. The fourth-order valence-electron chi connectivity index (χ4n) is 3.38. The smallest absolute Gasteiger partial charge is 0.267 e. The van der Waals surface area contributed by atoms with Crippen LogP contribution in [0, 0.1) is 18.8 Å². The third-order valence-corrected chi connectivity index (χ3v) is 5.33. The van der Waals surface area contributed by atoms with Crippen LogP contribution in [0.1, 0.15) is 40.0 Å². The Morgan fingerprint density at radius 1 is 0.947 bits per heavy atom. The highest BCUT2D eigenvalue weighted by molar-refractivity contribution is 5.97. The largest absolute Gasteiger partial charge is 0.339 e. The van der Waals surface area contributed by atoms with Gasteiger partial charge in [0.1, 0.15) is 6.04 Å². The van der Waals surface area contributed by atoms with Crippen LogP contribution >= 0.6 is 0 Å². The minimum Gasteiger partial charge on any atom is -0.339 e. The first kappa shape index (κ1) is 29.7. The molecule has 0 aromatic heterocycles. The minimum absolute atomic E-state index is 0. The van der Waals surface area contributed by atoms with Gasteiger partial charge in [-0.3, -0.25) is 19.6 Å². The molecule has 0 aliphatic heterocycles. The molecule has 9 nitrogen and oxygen atoms in total. The van der Waals surface area contributed by atoms with Gasteiger partial charge in [0.05, 0.1) is 6.54 Å². The molecule has 38 heavy (non-hydrogen) atoms. The molecule has 0 fully saturated rings. The summed E-state index contributed by atoms with van der Waals surface area (Å²) in [6.45, 7) is 2.69.